The molecule has 28 heavy (non-hydrogen) atoms. The lowest BCUT2D eigenvalue weighted by atomic mass is 10.1. The lowest BCUT2D eigenvalue weighted by Gasteiger charge is -2.21. The SMILES string of the molecule is O=C(O)C[C@@H](C(=O)O)N1C(=O)/C(=C/C(Cl)=C/c2ccc([N+](=O)[O-])cc2)SC1=S. The standard InChI is InChI=1S/C16H11ClN2O7S2/c17-9(5-8-1-3-10(4-2-8)19(25)26)6-12-14(22)18(16(27)28-12)11(15(23)24)7-13(20)21/h1-6,11H,7H2,(H,20,21)(H,23,24)/b9-5-,12-6-/t11-/m0/s1. The van der Waals surface area contributed by atoms with Crippen LogP contribution in [0, 0.1) is 10.1 Å². The van der Waals surface area contributed by atoms with Crippen molar-refractivity contribution in [2.45, 2.75) is 12.5 Å². The van der Waals surface area contributed by atoms with Crippen LogP contribution in [0.1, 0.15) is 12.0 Å². The number of carboxylic acid groups (broad SMARTS) is 2. The molecule has 0 spiro atoms. The number of thiocarbonyl (C=S) groups is 1. The quantitative estimate of drug-likeness (QED) is 0.282. The van der Waals surface area contributed by atoms with Crippen molar-refractivity contribution in [3.63, 3.8) is 0 Å². The zero-order valence-corrected chi connectivity index (χ0v) is 16.2. The molecule has 1 aromatic rings. The van der Waals surface area contributed by atoms with E-state index in [9.17, 15) is 29.6 Å². The Bertz CT molecular complexity index is 927. The van der Waals surface area contributed by atoms with Gasteiger partial charge in [-0.05, 0) is 29.8 Å². The van der Waals surface area contributed by atoms with Crippen LogP contribution >= 0.6 is 35.6 Å². The smallest absolute Gasteiger partial charge is 0.327 e. The van der Waals surface area contributed by atoms with Crippen LogP contribution in [0.25, 0.3) is 6.08 Å². The molecule has 0 radical (unpaired) electrons. The van der Waals surface area contributed by atoms with Gasteiger partial charge in [0, 0.05) is 17.2 Å². The number of nitro groups is 1. The van der Waals surface area contributed by atoms with Gasteiger partial charge in [0.1, 0.15) is 10.4 Å². The number of rotatable bonds is 7. The number of hydrogen-bond donors (Lipinski definition) is 2. The minimum Gasteiger partial charge on any atom is -0.481 e. The largest absolute Gasteiger partial charge is 0.481 e. The van der Waals surface area contributed by atoms with Gasteiger partial charge < -0.3 is 10.2 Å². The third-order valence-electron chi connectivity index (χ3n) is 3.47. The third-order valence-corrected chi connectivity index (χ3v) is 5.01. The first-order valence-corrected chi connectivity index (χ1v) is 9.03. The maximum absolute atomic E-state index is 12.5. The summed E-state index contributed by atoms with van der Waals surface area (Å²) in [6.07, 6.45) is 1.91. The van der Waals surface area contributed by atoms with Gasteiger partial charge >= 0.3 is 11.9 Å². The number of allylic oxidation sites excluding steroid dienone is 2. The summed E-state index contributed by atoms with van der Waals surface area (Å²) in [5.74, 6) is -3.65. The molecule has 12 heteroatoms. The number of nitrogens with zero attached hydrogens (tertiary/aromatic N) is 2. The molecule has 1 atom stereocenters. The molecule has 9 nitrogen and oxygen atoms in total. The Morgan fingerprint density at radius 1 is 1.32 bits per heavy atom. The van der Waals surface area contributed by atoms with Crippen molar-refractivity contribution >= 4 is 69.5 Å². The summed E-state index contributed by atoms with van der Waals surface area (Å²) in [5.41, 5.74) is 0.448. The number of amides is 1. The molecule has 2 rings (SSSR count). The van der Waals surface area contributed by atoms with Crippen LogP contribution in [-0.4, -0.2) is 48.2 Å². The van der Waals surface area contributed by atoms with Gasteiger partial charge in [0.15, 0.2) is 0 Å². The monoisotopic (exact) mass is 442 g/mol. The molecular formula is C16H11ClN2O7S2. The van der Waals surface area contributed by atoms with Gasteiger partial charge in [-0.3, -0.25) is 24.6 Å². The van der Waals surface area contributed by atoms with Crippen molar-refractivity contribution in [3.8, 4) is 0 Å². The highest BCUT2D eigenvalue weighted by Gasteiger charge is 2.41. The number of benzene rings is 1. The Morgan fingerprint density at radius 3 is 2.43 bits per heavy atom. The molecule has 0 aromatic heterocycles. The van der Waals surface area contributed by atoms with Gasteiger partial charge in [-0.2, -0.15) is 0 Å². The molecule has 1 fully saturated rings. The number of thioether (sulfide) groups is 1. The van der Waals surface area contributed by atoms with Crippen LogP contribution in [0.4, 0.5) is 5.69 Å². The van der Waals surface area contributed by atoms with Crippen LogP contribution in [0.15, 0.2) is 40.3 Å². The molecule has 2 N–H and O–H groups in total. The predicted octanol–water partition coefficient (Wildman–Crippen LogP) is 2.85. The molecule has 0 aliphatic carbocycles. The Balaban J connectivity index is 2.25. The van der Waals surface area contributed by atoms with E-state index >= 15 is 0 Å². The summed E-state index contributed by atoms with van der Waals surface area (Å²) < 4.78 is -0.0929. The van der Waals surface area contributed by atoms with E-state index < -0.39 is 35.2 Å². The van der Waals surface area contributed by atoms with E-state index in [2.05, 4.69) is 0 Å². The van der Waals surface area contributed by atoms with E-state index in [1.165, 1.54) is 36.4 Å². The summed E-state index contributed by atoms with van der Waals surface area (Å²) in [4.78, 5) is 45.6. The van der Waals surface area contributed by atoms with Crippen molar-refractivity contribution in [2.24, 2.45) is 0 Å². The molecule has 1 saturated heterocycles. The van der Waals surface area contributed by atoms with Crippen molar-refractivity contribution in [1.29, 1.82) is 0 Å². The van der Waals surface area contributed by atoms with Crippen molar-refractivity contribution in [3.05, 3.63) is 56.0 Å². The van der Waals surface area contributed by atoms with E-state index in [1.807, 2.05) is 0 Å². The fourth-order valence-electron chi connectivity index (χ4n) is 2.22. The van der Waals surface area contributed by atoms with Crippen molar-refractivity contribution in [2.75, 3.05) is 0 Å². The van der Waals surface area contributed by atoms with E-state index in [-0.39, 0.29) is 19.9 Å². The first kappa shape index (κ1) is 21.5. The van der Waals surface area contributed by atoms with Crippen LogP contribution in [0.3, 0.4) is 0 Å². The number of non-ortho nitro benzene ring substituents is 1. The number of nitro benzene ring substituents is 1. The van der Waals surface area contributed by atoms with E-state index in [4.69, 9.17) is 28.9 Å². The number of aliphatic carboxylic acids is 2. The lowest BCUT2D eigenvalue weighted by molar-refractivity contribution is -0.384. The molecule has 0 unspecified atom stereocenters. The van der Waals surface area contributed by atoms with Crippen molar-refractivity contribution < 1.29 is 29.5 Å². The highest BCUT2D eigenvalue weighted by atomic mass is 35.5. The maximum atomic E-state index is 12.5. The Hall–Kier alpha value is -2.76. The van der Waals surface area contributed by atoms with E-state index in [0.29, 0.717) is 5.56 Å². The summed E-state index contributed by atoms with van der Waals surface area (Å²) in [6, 6.07) is 3.88. The second kappa shape index (κ2) is 8.95. The fraction of sp³-hybridized carbons (Fsp3) is 0.125. The molecule has 0 bridgehead atoms. The van der Waals surface area contributed by atoms with Gasteiger partial charge in [0.2, 0.25) is 0 Å². The first-order chi connectivity index (χ1) is 13.1. The van der Waals surface area contributed by atoms with Crippen LogP contribution in [0.2, 0.25) is 0 Å². The molecule has 1 amide bonds. The van der Waals surface area contributed by atoms with Gasteiger partial charge in [-0.25, -0.2) is 4.79 Å². The topological polar surface area (TPSA) is 138 Å². The highest BCUT2D eigenvalue weighted by Crippen LogP contribution is 2.34. The Kier molecular flexibility index (Phi) is 6.89. The predicted molar refractivity (Wildman–Crippen MR) is 106 cm³/mol. The van der Waals surface area contributed by atoms with Crippen molar-refractivity contribution in [1.82, 2.24) is 4.90 Å². The number of carbonyl (C=O) groups is 3. The molecular weight excluding hydrogens is 432 g/mol. The van der Waals surface area contributed by atoms with Crippen LogP contribution in [0.5, 0.6) is 0 Å². The maximum Gasteiger partial charge on any atom is 0.327 e. The molecule has 146 valence electrons. The average Bonchev–Trinajstić information content (AvgIpc) is 2.86. The highest BCUT2D eigenvalue weighted by molar-refractivity contribution is 8.26. The van der Waals surface area contributed by atoms with E-state index in [0.717, 1.165) is 16.7 Å². The van der Waals surface area contributed by atoms with E-state index in [1.54, 1.807) is 0 Å². The molecule has 1 aliphatic rings. The average molecular weight is 443 g/mol. The summed E-state index contributed by atoms with van der Waals surface area (Å²) in [7, 11) is 0. The lowest BCUT2D eigenvalue weighted by Crippen LogP contribution is -2.45. The molecule has 1 aromatic carbocycles. The molecule has 1 aliphatic heterocycles. The fourth-order valence-corrected chi connectivity index (χ4v) is 3.87. The number of halogens is 1. The van der Waals surface area contributed by atoms with Gasteiger partial charge in [-0.1, -0.05) is 35.6 Å². The van der Waals surface area contributed by atoms with Gasteiger partial charge in [-0.15, -0.1) is 0 Å². The Morgan fingerprint density at radius 2 is 1.93 bits per heavy atom. The Labute approximate surface area is 172 Å². The number of carbonyl (C=O) groups excluding carboxylic acids is 1. The molecule has 1 heterocycles. The van der Waals surface area contributed by atoms with Crippen LogP contribution in [-0.2, 0) is 14.4 Å². The minimum absolute atomic E-state index is 0.0322. The molecule has 0 saturated carbocycles. The number of hydrogen-bond acceptors (Lipinski definition) is 7. The normalized spacial score (nSPS) is 17.1. The van der Waals surface area contributed by atoms with Gasteiger partial charge in [0.05, 0.1) is 16.2 Å². The second-order valence-corrected chi connectivity index (χ2v) is 7.49. The summed E-state index contributed by atoms with van der Waals surface area (Å²) in [6.45, 7) is 0. The summed E-state index contributed by atoms with van der Waals surface area (Å²) in [5, 5.41) is 28.8. The third kappa shape index (κ3) is 5.15. The number of carboxylic acids is 2. The minimum atomic E-state index is -1.63. The van der Waals surface area contributed by atoms with Crippen LogP contribution < -0.4 is 0 Å². The second-order valence-electron chi connectivity index (χ2n) is 5.38. The first-order valence-electron chi connectivity index (χ1n) is 7.43. The summed E-state index contributed by atoms with van der Waals surface area (Å²) >= 11 is 11.9. The zero-order chi connectivity index (χ0) is 21.0. The van der Waals surface area contributed by atoms with Gasteiger partial charge in [0.25, 0.3) is 11.6 Å². The zero-order valence-electron chi connectivity index (χ0n) is 13.8.